The van der Waals surface area contributed by atoms with Gasteiger partial charge in [0.05, 0.1) is 12.7 Å². The lowest BCUT2D eigenvalue weighted by molar-refractivity contribution is -0.272. The predicted molar refractivity (Wildman–Crippen MR) is 173 cm³/mol. The van der Waals surface area contributed by atoms with E-state index in [9.17, 15) is 19.5 Å². The molecule has 1 spiro atoms. The molecule has 6 aliphatic rings. The zero-order chi connectivity index (χ0) is 32.4. The Hall–Kier alpha value is -2.45. The number of carbonyl (C=O) groups excluding carboxylic acids is 3. The van der Waals surface area contributed by atoms with Crippen molar-refractivity contribution >= 4 is 17.6 Å². The van der Waals surface area contributed by atoms with Crippen LogP contribution in [0.1, 0.15) is 97.5 Å². The summed E-state index contributed by atoms with van der Waals surface area (Å²) in [6, 6.07) is 6.99. The van der Waals surface area contributed by atoms with Gasteiger partial charge in [-0.1, -0.05) is 39.8 Å². The molecule has 2 heterocycles. The molecular formula is C38H54N2O6. The zero-order valence-corrected chi connectivity index (χ0v) is 28.2. The Bertz CT molecular complexity index is 1340. The van der Waals surface area contributed by atoms with Gasteiger partial charge in [-0.15, -0.1) is 0 Å². The molecule has 1 aromatic carbocycles. The van der Waals surface area contributed by atoms with E-state index in [1.165, 1.54) is 0 Å². The van der Waals surface area contributed by atoms with Gasteiger partial charge in [-0.2, -0.15) is 0 Å². The summed E-state index contributed by atoms with van der Waals surface area (Å²) < 4.78 is 13.3. The zero-order valence-electron chi connectivity index (χ0n) is 28.2. The summed E-state index contributed by atoms with van der Waals surface area (Å²) in [5, 5.41) is 15.5. The number of phenolic OH excluding ortho intramolecular Hbond substituents is 1. The lowest BCUT2D eigenvalue weighted by Gasteiger charge is -2.60. The van der Waals surface area contributed by atoms with Crippen LogP contribution in [0.15, 0.2) is 24.3 Å². The molecule has 4 aliphatic carbocycles. The van der Waals surface area contributed by atoms with Crippen LogP contribution in [0.3, 0.4) is 0 Å². The number of aromatic hydroxyl groups is 1. The summed E-state index contributed by atoms with van der Waals surface area (Å²) >= 11 is 0. The molecule has 1 aromatic rings. The molecule has 0 radical (unpaired) electrons. The highest BCUT2D eigenvalue weighted by atomic mass is 16.7. The Labute approximate surface area is 274 Å². The number of hydrogen-bond acceptors (Lipinski definition) is 6. The molecule has 7 rings (SSSR count). The van der Waals surface area contributed by atoms with Crippen molar-refractivity contribution in [1.29, 1.82) is 0 Å². The minimum absolute atomic E-state index is 0.0750. The monoisotopic (exact) mass is 634 g/mol. The number of nitrogens with one attached hydrogen (secondary N) is 2. The van der Waals surface area contributed by atoms with Gasteiger partial charge in [0.15, 0.2) is 5.79 Å². The molecule has 0 bridgehead atoms. The Balaban J connectivity index is 0.943. The van der Waals surface area contributed by atoms with E-state index in [-0.39, 0.29) is 58.8 Å². The maximum absolute atomic E-state index is 14.4. The summed E-state index contributed by atoms with van der Waals surface area (Å²) in [4.78, 5) is 39.7. The second kappa shape index (κ2) is 11.9. The molecule has 252 valence electrons. The lowest BCUT2D eigenvalue weighted by atomic mass is 9.44. The van der Waals surface area contributed by atoms with E-state index < -0.39 is 5.79 Å². The van der Waals surface area contributed by atoms with Crippen LogP contribution >= 0.6 is 0 Å². The number of ether oxygens (including phenoxy) is 2. The van der Waals surface area contributed by atoms with Crippen molar-refractivity contribution in [3.05, 3.63) is 29.8 Å². The standard InChI is InChI=1S/C38H54N2O6/c1-22-11-15-38(45-21-22)23(2)35-31(46-38)18-30-28-10-7-25-17-26(12-14-36(25,3)29(28)19-32(42)37(30,35)4)40-34(44)20-33(43)39-16-13-24-5-8-27(41)9-6-24/h5-6,8-9,22-23,25-26,28-31,35,41H,7,10-21H2,1-4H3,(H,39,43)(H,40,44)/t22-,23+,25+,26-,28-,29+,30+,31+,35+,36+,37-,38-/m1/s1. The number of phenols is 1. The maximum Gasteiger partial charge on any atom is 0.229 e. The van der Waals surface area contributed by atoms with Crippen LogP contribution in [0.2, 0.25) is 0 Å². The highest BCUT2D eigenvalue weighted by molar-refractivity contribution is 5.97. The molecular weight excluding hydrogens is 580 g/mol. The third-order valence-corrected chi connectivity index (χ3v) is 14.2. The number of rotatable bonds is 6. The molecule has 46 heavy (non-hydrogen) atoms. The Morgan fingerprint density at radius 2 is 1.76 bits per heavy atom. The minimum Gasteiger partial charge on any atom is -0.508 e. The largest absolute Gasteiger partial charge is 0.508 e. The van der Waals surface area contributed by atoms with Crippen molar-refractivity contribution < 1.29 is 29.0 Å². The number of amides is 2. The van der Waals surface area contributed by atoms with E-state index in [1.54, 1.807) is 12.1 Å². The molecule has 6 fully saturated rings. The van der Waals surface area contributed by atoms with Crippen LogP contribution < -0.4 is 10.6 Å². The van der Waals surface area contributed by atoms with Crippen molar-refractivity contribution in [2.45, 2.75) is 116 Å². The van der Waals surface area contributed by atoms with Crippen LogP contribution in [0.5, 0.6) is 5.75 Å². The van der Waals surface area contributed by atoms with Gasteiger partial charge in [0.1, 0.15) is 18.0 Å². The van der Waals surface area contributed by atoms with E-state index in [4.69, 9.17) is 9.47 Å². The molecule has 0 unspecified atom stereocenters. The fourth-order valence-corrected chi connectivity index (χ4v) is 11.6. The number of carbonyl (C=O) groups is 3. The smallest absolute Gasteiger partial charge is 0.229 e. The first kappa shape index (κ1) is 32.1. The normalized spacial score (nSPS) is 44.5. The van der Waals surface area contributed by atoms with Crippen LogP contribution in [0, 0.1) is 52.3 Å². The SMILES string of the molecule is C[C@@H]1CC[C@@]2(OC1)O[C@H]1C[C@H]3[C@@H]4CC[C@H]5C[C@H](NC(=O)CC(=O)NCCc6ccc(O)cc6)CC[C@]5(C)[C@H]4CC(=O)[C@]3(C)[C@H]1[C@@H]2C. The third kappa shape index (κ3) is 5.30. The predicted octanol–water partition coefficient (Wildman–Crippen LogP) is 5.55. The average molecular weight is 635 g/mol. The molecule has 2 saturated heterocycles. The number of ketones is 1. The van der Waals surface area contributed by atoms with Crippen LogP contribution in [-0.4, -0.2) is 53.8 Å². The second-order valence-electron chi connectivity index (χ2n) is 16.5. The van der Waals surface area contributed by atoms with Crippen molar-refractivity contribution in [3.63, 3.8) is 0 Å². The number of benzene rings is 1. The van der Waals surface area contributed by atoms with Gasteiger partial charge in [0.2, 0.25) is 11.8 Å². The topological polar surface area (TPSA) is 114 Å². The molecule has 2 amide bonds. The molecule has 0 aromatic heterocycles. The van der Waals surface area contributed by atoms with Crippen molar-refractivity contribution in [3.8, 4) is 5.75 Å². The number of fused-ring (bicyclic) bond motifs is 7. The summed E-state index contributed by atoms with van der Waals surface area (Å²) in [6.45, 7) is 10.5. The molecule has 8 nitrogen and oxygen atoms in total. The van der Waals surface area contributed by atoms with Gasteiger partial charge in [0.25, 0.3) is 0 Å². The quantitative estimate of drug-likeness (QED) is 0.354. The van der Waals surface area contributed by atoms with E-state index in [0.717, 1.165) is 63.5 Å². The Morgan fingerprint density at radius 3 is 2.50 bits per heavy atom. The van der Waals surface area contributed by atoms with E-state index in [0.29, 0.717) is 54.8 Å². The molecule has 12 atom stereocenters. The van der Waals surface area contributed by atoms with Gasteiger partial charge in [-0.3, -0.25) is 14.4 Å². The van der Waals surface area contributed by atoms with Crippen molar-refractivity contribution in [1.82, 2.24) is 10.6 Å². The highest BCUT2D eigenvalue weighted by Gasteiger charge is 2.71. The first-order valence-electron chi connectivity index (χ1n) is 18.1. The lowest BCUT2D eigenvalue weighted by Crippen LogP contribution is -2.59. The van der Waals surface area contributed by atoms with Crippen molar-refractivity contribution in [2.75, 3.05) is 13.2 Å². The van der Waals surface area contributed by atoms with Gasteiger partial charge >= 0.3 is 0 Å². The first-order valence-corrected chi connectivity index (χ1v) is 18.1. The van der Waals surface area contributed by atoms with Crippen LogP contribution in [0.4, 0.5) is 0 Å². The molecule has 3 N–H and O–H groups in total. The molecule has 4 saturated carbocycles. The summed E-state index contributed by atoms with van der Waals surface area (Å²) in [6.07, 6.45) is 9.42. The van der Waals surface area contributed by atoms with Crippen molar-refractivity contribution in [2.24, 2.45) is 52.3 Å². The minimum atomic E-state index is -0.506. The van der Waals surface area contributed by atoms with Gasteiger partial charge in [0, 0.05) is 42.7 Å². The van der Waals surface area contributed by atoms with Crippen LogP contribution in [0.25, 0.3) is 0 Å². The molecule has 8 heteroatoms. The maximum atomic E-state index is 14.4. The summed E-state index contributed by atoms with van der Waals surface area (Å²) in [5.41, 5.74) is 0.781. The fourth-order valence-electron chi connectivity index (χ4n) is 11.6. The second-order valence-corrected chi connectivity index (χ2v) is 16.5. The fraction of sp³-hybridized carbons (Fsp3) is 0.763. The number of Topliss-reactive ketones (excluding diaryl/α,β-unsaturated/α-hetero) is 1. The third-order valence-electron chi connectivity index (χ3n) is 14.2. The van der Waals surface area contributed by atoms with Gasteiger partial charge in [-0.05, 0) is 104 Å². The van der Waals surface area contributed by atoms with Crippen LogP contribution in [-0.2, 0) is 30.3 Å². The van der Waals surface area contributed by atoms with Gasteiger partial charge < -0.3 is 25.2 Å². The number of hydrogen-bond donors (Lipinski definition) is 3. The van der Waals surface area contributed by atoms with Gasteiger partial charge in [-0.25, -0.2) is 0 Å². The Kier molecular flexibility index (Phi) is 8.31. The highest BCUT2D eigenvalue weighted by Crippen LogP contribution is 2.70. The average Bonchev–Trinajstić information content (AvgIpc) is 3.47. The van der Waals surface area contributed by atoms with E-state index in [2.05, 4.69) is 38.3 Å². The summed E-state index contributed by atoms with van der Waals surface area (Å²) in [5.74, 6) is 2.50. The molecule has 2 aliphatic heterocycles. The first-order chi connectivity index (χ1) is 21.9. The van der Waals surface area contributed by atoms with E-state index in [1.807, 2.05) is 12.1 Å². The Morgan fingerprint density at radius 1 is 0.978 bits per heavy atom. The van der Waals surface area contributed by atoms with E-state index >= 15 is 0 Å². The summed E-state index contributed by atoms with van der Waals surface area (Å²) in [7, 11) is 0.